The fraction of sp³-hybridized carbons (Fsp3) is 0.727. The van der Waals surface area contributed by atoms with Crippen LogP contribution < -0.4 is 0 Å². The summed E-state index contributed by atoms with van der Waals surface area (Å²) in [7, 11) is 0. The van der Waals surface area contributed by atoms with Crippen LogP contribution in [0.15, 0.2) is 10.7 Å². The van der Waals surface area contributed by atoms with Crippen molar-refractivity contribution in [1.82, 2.24) is 9.78 Å². The summed E-state index contributed by atoms with van der Waals surface area (Å²) >= 11 is 3.46. The minimum absolute atomic E-state index is 0.362. The van der Waals surface area contributed by atoms with Gasteiger partial charge in [0.25, 0.3) is 0 Å². The summed E-state index contributed by atoms with van der Waals surface area (Å²) in [5, 5.41) is 14.9. The van der Waals surface area contributed by atoms with Crippen LogP contribution in [-0.4, -0.2) is 28.1 Å². The fourth-order valence-corrected chi connectivity index (χ4v) is 2.84. The largest absolute Gasteiger partial charge is 0.381 e. The number of rotatable bonds is 3. The van der Waals surface area contributed by atoms with Gasteiger partial charge in [-0.25, -0.2) is 0 Å². The van der Waals surface area contributed by atoms with Crippen LogP contribution in [0.2, 0.25) is 0 Å². The molecule has 90 valence electrons. The zero-order chi connectivity index (χ0) is 11.6. The average molecular weight is 289 g/mol. The molecule has 0 spiro atoms. The van der Waals surface area contributed by atoms with Crippen molar-refractivity contribution in [2.45, 2.75) is 38.3 Å². The molecule has 0 saturated carbocycles. The third-order valence-electron chi connectivity index (χ3n) is 2.89. The predicted molar refractivity (Wildman–Crippen MR) is 64.2 cm³/mol. The smallest absolute Gasteiger partial charge is 0.131 e. The highest BCUT2D eigenvalue weighted by Gasteiger charge is 2.37. The zero-order valence-electron chi connectivity index (χ0n) is 9.45. The normalized spacial score (nSPS) is 25.9. The molecule has 16 heavy (non-hydrogen) atoms. The Bertz CT molecular complexity index is 359. The van der Waals surface area contributed by atoms with Crippen LogP contribution in [0.1, 0.15) is 31.9 Å². The van der Waals surface area contributed by atoms with Crippen molar-refractivity contribution in [3.63, 3.8) is 0 Å². The molecule has 0 amide bonds. The van der Waals surface area contributed by atoms with Crippen LogP contribution in [0, 0.1) is 0 Å². The Kier molecular flexibility index (Phi) is 3.66. The quantitative estimate of drug-likeness (QED) is 0.926. The van der Waals surface area contributed by atoms with Gasteiger partial charge in [-0.05, 0) is 35.2 Å². The van der Waals surface area contributed by atoms with Crippen LogP contribution in [0.25, 0.3) is 0 Å². The second kappa shape index (κ2) is 4.85. The van der Waals surface area contributed by atoms with E-state index in [2.05, 4.69) is 28.0 Å². The van der Waals surface area contributed by atoms with Gasteiger partial charge in [-0.1, -0.05) is 6.92 Å². The van der Waals surface area contributed by atoms with E-state index in [1.165, 1.54) is 0 Å². The maximum Gasteiger partial charge on any atom is 0.131 e. The van der Waals surface area contributed by atoms with Gasteiger partial charge in [-0.2, -0.15) is 5.10 Å². The van der Waals surface area contributed by atoms with Gasteiger partial charge >= 0.3 is 0 Å². The van der Waals surface area contributed by atoms with E-state index < -0.39 is 5.60 Å². The molecular weight excluding hydrogens is 272 g/mol. The van der Waals surface area contributed by atoms with Crippen molar-refractivity contribution >= 4 is 15.9 Å². The van der Waals surface area contributed by atoms with Gasteiger partial charge in [0.2, 0.25) is 0 Å². The highest BCUT2D eigenvalue weighted by Crippen LogP contribution is 2.34. The standard InChI is InChI=1S/C11H17BrN2O2/c1-2-5-14-10(9(12)7-13-14)11(15)4-3-6-16-8-11/h7,15H,2-6,8H2,1H3. The lowest BCUT2D eigenvalue weighted by Crippen LogP contribution is -2.38. The molecule has 1 N–H and O–H groups in total. The van der Waals surface area contributed by atoms with Gasteiger partial charge in [-0.3, -0.25) is 4.68 Å². The Hall–Kier alpha value is -0.390. The molecule has 1 aromatic heterocycles. The van der Waals surface area contributed by atoms with Crippen LogP contribution in [0.5, 0.6) is 0 Å². The summed E-state index contributed by atoms with van der Waals surface area (Å²) in [6.45, 7) is 4.02. The maximum atomic E-state index is 10.6. The van der Waals surface area contributed by atoms with E-state index >= 15 is 0 Å². The van der Waals surface area contributed by atoms with Gasteiger partial charge < -0.3 is 9.84 Å². The van der Waals surface area contributed by atoms with E-state index in [1.54, 1.807) is 6.20 Å². The molecule has 1 saturated heterocycles. The molecule has 1 aliphatic heterocycles. The highest BCUT2D eigenvalue weighted by atomic mass is 79.9. The highest BCUT2D eigenvalue weighted by molar-refractivity contribution is 9.10. The summed E-state index contributed by atoms with van der Waals surface area (Å²) in [5.41, 5.74) is -0.0306. The monoisotopic (exact) mass is 288 g/mol. The summed E-state index contributed by atoms with van der Waals surface area (Å²) in [6.07, 6.45) is 4.37. The summed E-state index contributed by atoms with van der Waals surface area (Å²) in [5.74, 6) is 0. The lowest BCUT2D eigenvalue weighted by molar-refractivity contribution is -0.0955. The van der Waals surface area contributed by atoms with E-state index in [1.807, 2.05) is 4.68 Å². The first-order valence-electron chi connectivity index (χ1n) is 5.69. The lowest BCUT2D eigenvalue weighted by Gasteiger charge is -2.32. The van der Waals surface area contributed by atoms with Crippen LogP contribution in [0.4, 0.5) is 0 Å². The maximum absolute atomic E-state index is 10.6. The molecule has 0 aromatic carbocycles. The first kappa shape index (κ1) is 12.1. The Morgan fingerprint density at radius 3 is 3.12 bits per heavy atom. The number of ether oxygens (including phenoxy) is 1. The van der Waals surface area contributed by atoms with Crippen LogP contribution >= 0.6 is 15.9 Å². The molecule has 0 bridgehead atoms. The number of halogens is 1. The molecule has 1 fully saturated rings. The van der Waals surface area contributed by atoms with Crippen molar-refractivity contribution in [2.24, 2.45) is 0 Å². The van der Waals surface area contributed by atoms with Gasteiger partial charge in [0.05, 0.1) is 23.0 Å². The van der Waals surface area contributed by atoms with Crippen molar-refractivity contribution in [3.05, 3.63) is 16.4 Å². The zero-order valence-corrected chi connectivity index (χ0v) is 11.0. The van der Waals surface area contributed by atoms with Crippen LogP contribution in [0.3, 0.4) is 0 Å². The predicted octanol–water partition coefficient (Wildman–Crippen LogP) is 2.05. The average Bonchev–Trinajstić information content (AvgIpc) is 2.62. The molecule has 1 atom stereocenters. The molecule has 1 unspecified atom stereocenters. The molecule has 0 radical (unpaired) electrons. The van der Waals surface area contributed by atoms with Crippen molar-refractivity contribution < 1.29 is 9.84 Å². The van der Waals surface area contributed by atoms with E-state index in [9.17, 15) is 5.11 Å². The van der Waals surface area contributed by atoms with Crippen molar-refractivity contribution in [1.29, 1.82) is 0 Å². The number of aryl methyl sites for hydroxylation is 1. The van der Waals surface area contributed by atoms with E-state index in [4.69, 9.17) is 4.74 Å². The third-order valence-corrected chi connectivity index (χ3v) is 3.47. The fourth-order valence-electron chi connectivity index (χ4n) is 2.17. The minimum Gasteiger partial charge on any atom is -0.381 e. The van der Waals surface area contributed by atoms with E-state index in [0.29, 0.717) is 6.61 Å². The molecule has 1 aliphatic rings. The Balaban J connectivity index is 2.33. The molecule has 4 nitrogen and oxygen atoms in total. The van der Waals surface area contributed by atoms with Gasteiger partial charge in [-0.15, -0.1) is 0 Å². The third kappa shape index (κ3) is 2.17. The van der Waals surface area contributed by atoms with Crippen molar-refractivity contribution in [2.75, 3.05) is 13.2 Å². The number of aliphatic hydroxyl groups is 1. The Labute approximate surface area is 104 Å². The lowest BCUT2D eigenvalue weighted by atomic mass is 9.93. The first-order valence-corrected chi connectivity index (χ1v) is 6.48. The first-order chi connectivity index (χ1) is 7.67. The molecular formula is C11H17BrN2O2. The second-order valence-corrected chi connectivity index (χ2v) is 5.11. The molecule has 0 aliphatic carbocycles. The molecule has 2 rings (SSSR count). The topological polar surface area (TPSA) is 47.3 Å². The molecule has 2 heterocycles. The van der Waals surface area contributed by atoms with Crippen LogP contribution in [-0.2, 0) is 16.9 Å². The number of hydrogen-bond acceptors (Lipinski definition) is 3. The molecule has 5 heteroatoms. The van der Waals surface area contributed by atoms with E-state index in [-0.39, 0.29) is 0 Å². The number of aromatic nitrogens is 2. The van der Waals surface area contributed by atoms with Gasteiger partial charge in [0.15, 0.2) is 0 Å². The van der Waals surface area contributed by atoms with Crippen molar-refractivity contribution in [3.8, 4) is 0 Å². The summed E-state index contributed by atoms with van der Waals surface area (Å²) in [4.78, 5) is 0. The summed E-state index contributed by atoms with van der Waals surface area (Å²) < 4.78 is 8.13. The van der Waals surface area contributed by atoms with Gasteiger partial charge in [0, 0.05) is 13.2 Å². The van der Waals surface area contributed by atoms with Gasteiger partial charge in [0.1, 0.15) is 5.60 Å². The van der Waals surface area contributed by atoms with E-state index in [0.717, 1.165) is 42.6 Å². The second-order valence-electron chi connectivity index (χ2n) is 4.25. The Morgan fingerprint density at radius 1 is 1.69 bits per heavy atom. The SMILES string of the molecule is CCCn1ncc(Br)c1C1(O)CCCOC1. The molecule has 1 aromatic rings. The Morgan fingerprint density at radius 2 is 2.50 bits per heavy atom. The minimum atomic E-state index is -0.886. The summed E-state index contributed by atoms with van der Waals surface area (Å²) in [6, 6.07) is 0. The number of hydrogen-bond donors (Lipinski definition) is 1. The number of nitrogens with zero attached hydrogens (tertiary/aromatic N) is 2.